The van der Waals surface area contributed by atoms with Gasteiger partial charge in [0.15, 0.2) is 5.70 Å². The van der Waals surface area contributed by atoms with E-state index in [9.17, 15) is 0 Å². The van der Waals surface area contributed by atoms with E-state index in [2.05, 4.69) is 47.8 Å². The van der Waals surface area contributed by atoms with Gasteiger partial charge in [-0.05, 0) is 40.2 Å². The number of aromatic nitrogens is 1. The summed E-state index contributed by atoms with van der Waals surface area (Å²) >= 11 is 22.6. The molecule has 1 aromatic carbocycles. The Morgan fingerprint density at radius 3 is 2.28 bits per heavy atom. The highest BCUT2D eigenvalue weighted by atomic mass is 79.9. The molecule has 128 valence electrons. The van der Waals surface area contributed by atoms with Crippen LogP contribution in [0.3, 0.4) is 0 Å². The molecule has 0 spiro atoms. The van der Waals surface area contributed by atoms with Crippen LogP contribution in [0.4, 0.5) is 8.63 Å². The molecule has 25 heavy (non-hydrogen) atoms. The predicted molar refractivity (Wildman–Crippen MR) is 109 cm³/mol. The Labute approximate surface area is 177 Å². The van der Waals surface area contributed by atoms with Gasteiger partial charge >= 0.3 is 6.97 Å². The number of nitrogens with zero attached hydrogens (tertiary/aromatic N) is 2. The van der Waals surface area contributed by atoms with Crippen molar-refractivity contribution >= 4 is 88.2 Å². The molecule has 4 rings (SSSR count). The molecule has 2 aliphatic rings. The number of hydrogen-bond acceptors (Lipinski definition) is 0. The smallest absolute Gasteiger partial charge is 0.389 e. The van der Waals surface area contributed by atoms with E-state index in [-0.39, 0.29) is 9.22 Å². The minimum absolute atomic E-state index is 0.278. The van der Waals surface area contributed by atoms with Crippen LogP contribution < -0.4 is 0 Å². The van der Waals surface area contributed by atoms with Crippen LogP contribution in [0.15, 0.2) is 51.2 Å². The molecule has 0 saturated carbocycles. The first kappa shape index (κ1) is 18.0. The summed E-state index contributed by atoms with van der Waals surface area (Å²) in [6, 6.07) is 6.61. The van der Waals surface area contributed by atoms with Crippen molar-refractivity contribution < 1.29 is 13.1 Å². The summed E-state index contributed by atoms with van der Waals surface area (Å²) in [4.78, 5) is 0. The maximum atomic E-state index is 15.2. The van der Waals surface area contributed by atoms with E-state index in [0.717, 1.165) is 8.96 Å². The van der Waals surface area contributed by atoms with Gasteiger partial charge in [-0.1, -0.05) is 39.1 Å². The third-order valence-corrected chi connectivity index (χ3v) is 6.47. The first-order valence-corrected chi connectivity index (χ1v) is 10.2. The van der Waals surface area contributed by atoms with Gasteiger partial charge in [0, 0.05) is 43.8 Å². The van der Waals surface area contributed by atoms with Gasteiger partial charge in [0.05, 0.1) is 20.2 Å². The third kappa shape index (κ3) is 2.56. The van der Waals surface area contributed by atoms with Crippen molar-refractivity contribution in [1.82, 2.24) is 4.48 Å². The van der Waals surface area contributed by atoms with Crippen LogP contribution in [0.25, 0.3) is 5.57 Å². The van der Waals surface area contributed by atoms with E-state index >= 15 is 8.63 Å². The Bertz CT molecular complexity index is 1020. The summed E-state index contributed by atoms with van der Waals surface area (Å²) in [7, 11) is 0. The van der Waals surface area contributed by atoms with Gasteiger partial charge in [-0.2, -0.15) is 0 Å². The number of allylic oxidation sites excluding steroid dienone is 2. The van der Waals surface area contributed by atoms with E-state index < -0.39 is 6.97 Å². The molecule has 0 fully saturated rings. The van der Waals surface area contributed by atoms with Gasteiger partial charge in [0.25, 0.3) is 0 Å². The number of rotatable bonds is 1. The molecule has 0 amide bonds. The van der Waals surface area contributed by atoms with E-state index in [4.69, 9.17) is 23.2 Å². The van der Waals surface area contributed by atoms with Gasteiger partial charge in [-0.3, -0.25) is 0 Å². The van der Waals surface area contributed by atoms with Crippen LogP contribution >= 0.6 is 71.0 Å². The second kappa shape index (κ2) is 6.06. The molecule has 0 radical (unpaired) electrons. The maximum absolute atomic E-state index is 15.2. The molecular formula is C15H6BBr3Cl2F2N2. The van der Waals surface area contributed by atoms with E-state index in [1.54, 1.807) is 36.4 Å². The van der Waals surface area contributed by atoms with Crippen LogP contribution in [0.5, 0.6) is 0 Å². The molecule has 0 N–H and O–H groups in total. The Hall–Kier alpha value is -0.405. The Balaban J connectivity index is 2.16. The standard InChI is InChI=1S/C15H6BBr3Cl2F2N2/c17-7-5-8(20)14(9(21)6-7)15-10-1-3-12(18)24(10)16(22,23)25-11(15)2-4-13(25)19/h1-6H. The van der Waals surface area contributed by atoms with Crippen LogP contribution in [0.1, 0.15) is 11.3 Å². The normalized spacial score (nSPS) is 18.0. The zero-order valence-electron chi connectivity index (χ0n) is 12.1. The molecule has 0 unspecified atom stereocenters. The SMILES string of the molecule is F[B-]1(F)n2c(Br)ccc2C(c2c(Cl)cc(Br)cc2Cl)=C2C=CC(Br)=[N+]21. The van der Waals surface area contributed by atoms with Crippen molar-refractivity contribution in [3.63, 3.8) is 0 Å². The van der Waals surface area contributed by atoms with E-state index in [1.165, 1.54) is 0 Å². The summed E-state index contributed by atoms with van der Waals surface area (Å²) < 4.78 is 33.6. The Morgan fingerprint density at radius 1 is 1.00 bits per heavy atom. The predicted octanol–water partition coefficient (Wildman–Crippen LogP) is 6.69. The van der Waals surface area contributed by atoms with Crippen LogP contribution in [0, 0.1) is 0 Å². The minimum Gasteiger partial charge on any atom is -0.389 e. The van der Waals surface area contributed by atoms with Gasteiger partial charge < -0.3 is 17.6 Å². The van der Waals surface area contributed by atoms with Crippen molar-refractivity contribution in [3.8, 4) is 0 Å². The maximum Gasteiger partial charge on any atom is 0.738 e. The van der Waals surface area contributed by atoms with Crippen LogP contribution in [-0.2, 0) is 0 Å². The molecule has 0 atom stereocenters. The molecule has 0 bridgehead atoms. The monoisotopic (exact) mass is 570 g/mol. The van der Waals surface area contributed by atoms with E-state index in [1.807, 2.05) is 0 Å². The number of fused-ring (bicyclic) bond motifs is 2. The molecule has 2 nitrogen and oxygen atoms in total. The lowest BCUT2D eigenvalue weighted by Gasteiger charge is -2.32. The average Bonchev–Trinajstić information content (AvgIpc) is 3.06. The molecular weight excluding hydrogens is 568 g/mol. The second-order valence-corrected chi connectivity index (χ2v) is 8.89. The zero-order chi connectivity index (χ0) is 18.1. The largest absolute Gasteiger partial charge is 0.738 e. The molecule has 2 aromatic rings. The first-order valence-electron chi connectivity index (χ1n) is 7.02. The molecule has 10 heteroatoms. The summed E-state index contributed by atoms with van der Waals surface area (Å²) in [5.74, 6) is 0. The highest BCUT2D eigenvalue weighted by Crippen LogP contribution is 2.46. The lowest BCUT2D eigenvalue weighted by molar-refractivity contribution is -0.358. The van der Waals surface area contributed by atoms with Crippen molar-refractivity contribution in [2.45, 2.75) is 0 Å². The zero-order valence-corrected chi connectivity index (χ0v) is 18.4. The van der Waals surface area contributed by atoms with Crippen molar-refractivity contribution in [1.29, 1.82) is 0 Å². The number of hydrogen-bond donors (Lipinski definition) is 0. The Kier molecular flexibility index (Phi) is 4.36. The van der Waals surface area contributed by atoms with Crippen molar-refractivity contribution in [2.75, 3.05) is 0 Å². The molecule has 3 heterocycles. The summed E-state index contributed by atoms with van der Waals surface area (Å²) in [5, 5.41) is 0.750. The topological polar surface area (TPSA) is 7.94 Å². The minimum atomic E-state index is -4.07. The van der Waals surface area contributed by atoms with Gasteiger partial charge in [-0.25, -0.2) is 0 Å². The lowest BCUT2D eigenvalue weighted by atomic mass is 9.86. The summed E-state index contributed by atoms with van der Waals surface area (Å²) in [6.45, 7) is -4.07. The molecule has 2 aliphatic heterocycles. The first-order chi connectivity index (χ1) is 11.7. The van der Waals surface area contributed by atoms with Crippen LogP contribution in [-0.4, -0.2) is 20.6 Å². The number of benzene rings is 1. The van der Waals surface area contributed by atoms with Gasteiger partial charge in [0.1, 0.15) is 0 Å². The fraction of sp³-hybridized carbons (Fsp3) is 0. The fourth-order valence-corrected chi connectivity index (χ4v) is 5.71. The Morgan fingerprint density at radius 2 is 1.64 bits per heavy atom. The highest BCUT2D eigenvalue weighted by molar-refractivity contribution is 9.18. The van der Waals surface area contributed by atoms with Crippen molar-refractivity contribution in [2.24, 2.45) is 0 Å². The molecule has 1 aromatic heterocycles. The second-order valence-electron chi connectivity index (χ2n) is 5.53. The van der Waals surface area contributed by atoms with E-state index in [0.29, 0.717) is 37.0 Å². The molecule has 0 aliphatic carbocycles. The lowest BCUT2D eigenvalue weighted by Crippen LogP contribution is -2.50. The number of halogens is 7. The summed E-state index contributed by atoms with van der Waals surface area (Å²) in [6.07, 6.45) is 3.22. The molecule has 0 saturated heterocycles. The van der Waals surface area contributed by atoms with Gasteiger partial charge in [0.2, 0.25) is 4.62 Å². The highest BCUT2D eigenvalue weighted by Gasteiger charge is 2.54. The average molecular weight is 574 g/mol. The summed E-state index contributed by atoms with van der Waals surface area (Å²) in [5.41, 5.74) is 1.76. The fourth-order valence-electron chi connectivity index (χ4n) is 3.17. The quantitative estimate of drug-likeness (QED) is 0.336. The van der Waals surface area contributed by atoms with Gasteiger partial charge in [-0.15, -0.1) is 0 Å². The van der Waals surface area contributed by atoms with Crippen molar-refractivity contribution in [3.05, 3.63) is 72.5 Å². The van der Waals surface area contributed by atoms with Crippen LogP contribution in [0.2, 0.25) is 10.0 Å². The third-order valence-electron chi connectivity index (χ3n) is 4.13.